The first-order valence-corrected chi connectivity index (χ1v) is 8.99. The van der Waals surface area contributed by atoms with E-state index in [0.717, 1.165) is 38.3 Å². The molecule has 7 nitrogen and oxygen atoms in total. The van der Waals surface area contributed by atoms with Crippen molar-refractivity contribution in [1.82, 2.24) is 20.5 Å². The van der Waals surface area contributed by atoms with Gasteiger partial charge in [-0.3, -0.25) is 4.79 Å². The molecule has 1 aliphatic rings. The van der Waals surface area contributed by atoms with Crippen molar-refractivity contribution < 1.29 is 4.79 Å². The van der Waals surface area contributed by atoms with Crippen LogP contribution in [0.25, 0.3) is 0 Å². The predicted octanol–water partition coefficient (Wildman–Crippen LogP) is 1.35. The zero-order valence-corrected chi connectivity index (χ0v) is 15.9. The second kappa shape index (κ2) is 9.46. The van der Waals surface area contributed by atoms with Crippen LogP contribution in [0, 0.1) is 0 Å². The maximum Gasteiger partial charge on any atom is 0.243 e. The number of halogens is 1. The van der Waals surface area contributed by atoms with E-state index >= 15 is 0 Å². The summed E-state index contributed by atoms with van der Waals surface area (Å²) < 4.78 is 0. The number of guanidine groups is 1. The molecule has 0 saturated carbocycles. The second-order valence-corrected chi connectivity index (χ2v) is 6.67. The smallest absolute Gasteiger partial charge is 0.243 e. The molecule has 2 heterocycles. The van der Waals surface area contributed by atoms with Crippen LogP contribution in [0.2, 0.25) is 5.02 Å². The van der Waals surface area contributed by atoms with Crippen LogP contribution in [-0.4, -0.2) is 68.1 Å². The summed E-state index contributed by atoms with van der Waals surface area (Å²) in [6.45, 7) is 4.71. The molecule has 0 aliphatic carbocycles. The van der Waals surface area contributed by atoms with E-state index in [1.54, 1.807) is 25.2 Å². The summed E-state index contributed by atoms with van der Waals surface area (Å²) in [4.78, 5) is 24.3. The monoisotopic (exact) mass is 366 g/mol. The van der Waals surface area contributed by atoms with Gasteiger partial charge in [-0.25, -0.2) is 9.98 Å². The normalized spacial score (nSPS) is 17.5. The van der Waals surface area contributed by atoms with Gasteiger partial charge in [0.15, 0.2) is 5.96 Å². The number of pyridine rings is 1. The molecular weight excluding hydrogens is 340 g/mol. The van der Waals surface area contributed by atoms with Crippen LogP contribution in [-0.2, 0) is 4.79 Å². The molecule has 1 aliphatic heterocycles. The summed E-state index contributed by atoms with van der Waals surface area (Å²) in [6, 6.07) is 3.92. The van der Waals surface area contributed by atoms with Gasteiger partial charge in [-0.2, -0.15) is 0 Å². The number of aliphatic imine (C=N–C) groups is 1. The first-order valence-electron chi connectivity index (χ1n) is 8.61. The highest BCUT2D eigenvalue weighted by atomic mass is 35.5. The Hall–Kier alpha value is -2.02. The van der Waals surface area contributed by atoms with E-state index in [9.17, 15) is 4.79 Å². The molecule has 0 bridgehead atoms. The van der Waals surface area contributed by atoms with E-state index in [-0.39, 0.29) is 18.5 Å². The molecule has 138 valence electrons. The second-order valence-electron chi connectivity index (χ2n) is 6.26. The fourth-order valence-electron chi connectivity index (χ4n) is 2.56. The number of hydrogen-bond acceptors (Lipinski definition) is 4. The highest BCUT2D eigenvalue weighted by Gasteiger charge is 2.25. The van der Waals surface area contributed by atoms with E-state index in [4.69, 9.17) is 11.6 Å². The Morgan fingerprint density at radius 2 is 2.32 bits per heavy atom. The summed E-state index contributed by atoms with van der Waals surface area (Å²) in [5.74, 6) is 1.47. The minimum Gasteiger partial charge on any atom is -0.356 e. The largest absolute Gasteiger partial charge is 0.356 e. The number of nitrogens with one attached hydrogen (secondary N) is 2. The van der Waals surface area contributed by atoms with E-state index in [0.29, 0.717) is 11.0 Å². The molecule has 2 N–H and O–H groups in total. The van der Waals surface area contributed by atoms with Crippen LogP contribution >= 0.6 is 11.6 Å². The van der Waals surface area contributed by atoms with Crippen molar-refractivity contribution in [2.45, 2.75) is 25.8 Å². The van der Waals surface area contributed by atoms with E-state index in [1.807, 2.05) is 12.1 Å². The van der Waals surface area contributed by atoms with Crippen LogP contribution in [0.5, 0.6) is 0 Å². The quantitative estimate of drug-likeness (QED) is 0.587. The third-order valence-corrected chi connectivity index (χ3v) is 4.28. The van der Waals surface area contributed by atoms with Crippen molar-refractivity contribution in [3.05, 3.63) is 23.4 Å². The highest BCUT2D eigenvalue weighted by molar-refractivity contribution is 6.32. The summed E-state index contributed by atoms with van der Waals surface area (Å²) in [5.41, 5.74) is 0. The molecule has 0 aromatic carbocycles. The fourth-order valence-corrected chi connectivity index (χ4v) is 2.80. The van der Waals surface area contributed by atoms with Crippen molar-refractivity contribution >= 4 is 29.3 Å². The van der Waals surface area contributed by atoms with E-state index in [1.165, 1.54) is 0 Å². The number of carbonyl (C=O) groups is 1. The minimum atomic E-state index is -0.0223. The maximum atomic E-state index is 11.8. The fraction of sp³-hybridized carbons (Fsp3) is 0.588. The lowest BCUT2D eigenvalue weighted by Crippen LogP contribution is -2.45. The molecular formula is C17H27ClN6O. The van der Waals surface area contributed by atoms with Crippen LogP contribution in [0.15, 0.2) is 23.3 Å². The van der Waals surface area contributed by atoms with Gasteiger partial charge in [0, 0.05) is 46.0 Å². The van der Waals surface area contributed by atoms with Gasteiger partial charge < -0.3 is 20.4 Å². The first kappa shape index (κ1) is 19.3. The lowest BCUT2D eigenvalue weighted by molar-refractivity contribution is -0.127. The zero-order chi connectivity index (χ0) is 18.2. The van der Waals surface area contributed by atoms with Gasteiger partial charge in [-0.15, -0.1) is 0 Å². The maximum absolute atomic E-state index is 11.8. The third kappa shape index (κ3) is 5.77. The molecule has 1 fully saturated rings. The number of rotatable bonds is 6. The Bertz CT molecular complexity index is 607. The van der Waals surface area contributed by atoms with Crippen LogP contribution < -0.4 is 15.5 Å². The van der Waals surface area contributed by atoms with Crippen LogP contribution in [0.4, 0.5) is 5.82 Å². The molecule has 1 atom stereocenters. The van der Waals surface area contributed by atoms with Gasteiger partial charge in [0.05, 0.1) is 5.02 Å². The predicted molar refractivity (Wildman–Crippen MR) is 102 cm³/mol. The van der Waals surface area contributed by atoms with Gasteiger partial charge in [0.1, 0.15) is 12.4 Å². The summed E-state index contributed by atoms with van der Waals surface area (Å²) >= 11 is 6.24. The number of aromatic nitrogens is 1. The molecule has 1 saturated heterocycles. The molecule has 2 rings (SSSR count). The average molecular weight is 367 g/mol. The van der Waals surface area contributed by atoms with Gasteiger partial charge in [-0.05, 0) is 25.0 Å². The Labute approximate surface area is 154 Å². The molecule has 25 heavy (non-hydrogen) atoms. The Balaban J connectivity index is 1.96. The number of likely N-dealkylation sites (N-methyl/N-ethyl adjacent to an activating group) is 1. The van der Waals surface area contributed by atoms with Gasteiger partial charge in [0.25, 0.3) is 0 Å². The number of amides is 1. The topological polar surface area (TPSA) is 72.9 Å². The van der Waals surface area contributed by atoms with Gasteiger partial charge >= 0.3 is 0 Å². The van der Waals surface area contributed by atoms with E-state index in [2.05, 4.69) is 32.4 Å². The number of hydrogen-bond donors (Lipinski definition) is 2. The summed E-state index contributed by atoms with van der Waals surface area (Å²) in [5, 5.41) is 7.35. The Morgan fingerprint density at radius 3 is 3.00 bits per heavy atom. The number of nitrogens with zero attached hydrogens (tertiary/aromatic N) is 4. The Kier molecular flexibility index (Phi) is 7.31. The van der Waals surface area contributed by atoms with Crippen molar-refractivity contribution in [3.63, 3.8) is 0 Å². The molecule has 1 aromatic heterocycles. The van der Waals surface area contributed by atoms with Crippen molar-refractivity contribution in [1.29, 1.82) is 0 Å². The third-order valence-electron chi connectivity index (χ3n) is 3.98. The van der Waals surface area contributed by atoms with Crippen molar-refractivity contribution in [3.8, 4) is 0 Å². The Morgan fingerprint density at radius 1 is 1.52 bits per heavy atom. The standard InChI is InChI=1S/C17H27ClN6O/c1-4-8-20-17(21-11-15(25)23(2)3)22-13-7-10-24(12-13)16-14(18)6-5-9-19-16/h5-6,9,13H,4,7-8,10-12H2,1-3H3,(H2,20,21,22). The number of carbonyl (C=O) groups excluding carboxylic acids is 1. The lowest BCUT2D eigenvalue weighted by atomic mass is 10.3. The highest BCUT2D eigenvalue weighted by Crippen LogP contribution is 2.25. The van der Waals surface area contributed by atoms with Gasteiger partial charge in [0.2, 0.25) is 5.91 Å². The molecule has 1 aromatic rings. The summed E-state index contributed by atoms with van der Waals surface area (Å²) in [7, 11) is 3.46. The molecule has 0 spiro atoms. The molecule has 1 amide bonds. The SMILES string of the molecule is CCCNC(=NCC(=O)N(C)C)NC1CCN(c2ncccc2Cl)C1. The van der Waals surface area contributed by atoms with E-state index < -0.39 is 0 Å². The molecule has 1 unspecified atom stereocenters. The van der Waals surface area contributed by atoms with Gasteiger partial charge in [-0.1, -0.05) is 18.5 Å². The molecule has 8 heteroatoms. The first-order chi connectivity index (χ1) is 12.0. The van der Waals surface area contributed by atoms with Crippen LogP contribution in [0.1, 0.15) is 19.8 Å². The van der Waals surface area contributed by atoms with Crippen molar-refractivity contribution in [2.24, 2.45) is 4.99 Å². The average Bonchev–Trinajstić information content (AvgIpc) is 3.05. The lowest BCUT2D eigenvalue weighted by Gasteiger charge is -2.20. The molecule has 0 radical (unpaired) electrons. The van der Waals surface area contributed by atoms with Crippen molar-refractivity contribution in [2.75, 3.05) is 45.2 Å². The minimum absolute atomic E-state index is 0.0223. The zero-order valence-electron chi connectivity index (χ0n) is 15.1. The van der Waals surface area contributed by atoms with Crippen LogP contribution in [0.3, 0.4) is 0 Å². The summed E-state index contributed by atoms with van der Waals surface area (Å²) in [6.07, 6.45) is 3.70. The number of anilines is 1.